The number of nitrogens with zero attached hydrogens (tertiary/aromatic N) is 2. The van der Waals surface area contributed by atoms with Gasteiger partial charge in [0.25, 0.3) is 0 Å². The minimum Gasteiger partial charge on any atom is -0.314 e. The van der Waals surface area contributed by atoms with Crippen LogP contribution >= 0.6 is 0 Å². The van der Waals surface area contributed by atoms with Gasteiger partial charge in [-0.2, -0.15) is 0 Å². The van der Waals surface area contributed by atoms with E-state index in [0.717, 1.165) is 30.6 Å². The van der Waals surface area contributed by atoms with E-state index in [0.29, 0.717) is 0 Å². The summed E-state index contributed by atoms with van der Waals surface area (Å²) in [4.78, 5) is 7.06. The second kappa shape index (κ2) is 17.4. The molecular weight excluding hydrogens is 761 g/mol. The Labute approximate surface area is 372 Å². The predicted molar refractivity (Wildman–Crippen MR) is 267 cm³/mol. The van der Waals surface area contributed by atoms with Gasteiger partial charge < -0.3 is 4.90 Å². The van der Waals surface area contributed by atoms with Crippen LogP contribution in [0.2, 0.25) is 0 Å². The summed E-state index contributed by atoms with van der Waals surface area (Å²) in [7, 11) is 0. The van der Waals surface area contributed by atoms with Crippen LogP contribution in [0.5, 0.6) is 0 Å². The zero-order valence-corrected chi connectivity index (χ0v) is 36.0. The Bertz CT molecular complexity index is 2950. The number of hydrogen-bond donors (Lipinski definition) is 0. The molecule has 304 valence electrons. The Hall–Kier alpha value is -7.55. The summed E-state index contributed by atoms with van der Waals surface area (Å²) in [5, 5.41) is 0. The van der Waals surface area contributed by atoms with Crippen LogP contribution in [0.15, 0.2) is 241 Å². The van der Waals surface area contributed by atoms with E-state index in [-0.39, 0.29) is 0 Å². The molecule has 0 saturated carbocycles. The van der Waals surface area contributed by atoms with Crippen LogP contribution in [-0.2, 0) is 5.41 Å². The smallest absolute Gasteiger partial charge is 0.0711 e. The number of hydrogen-bond acceptors (Lipinski definition) is 2. The second-order valence-electron chi connectivity index (χ2n) is 16.5. The van der Waals surface area contributed by atoms with Crippen LogP contribution in [0, 0.1) is 0 Å². The fourth-order valence-corrected chi connectivity index (χ4v) is 9.85. The zero-order valence-electron chi connectivity index (χ0n) is 36.0. The number of aliphatic imine (C=N–C) groups is 1. The van der Waals surface area contributed by atoms with Crippen LogP contribution < -0.4 is 4.90 Å². The highest BCUT2D eigenvalue weighted by Gasteiger charge is 2.46. The molecular formula is C61H50N2. The normalized spacial score (nSPS) is 14.3. The van der Waals surface area contributed by atoms with Crippen molar-refractivity contribution in [3.05, 3.63) is 264 Å². The summed E-state index contributed by atoms with van der Waals surface area (Å²) in [5.41, 5.74) is 20.3. The first-order valence-corrected chi connectivity index (χ1v) is 22.2. The molecule has 2 heteroatoms. The fraction of sp³-hybridized carbons (Fsp3) is 0.0984. The largest absolute Gasteiger partial charge is 0.314 e. The van der Waals surface area contributed by atoms with Crippen molar-refractivity contribution in [3.63, 3.8) is 0 Å². The highest BCUT2D eigenvalue weighted by atomic mass is 15.1. The second-order valence-corrected chi connectivity index (χ2v) is 16.5. The first kappa shape index (κ1) is 39.6. The third kappa shape index (κ3) is 7.38. The Kier molecular flexibility index (Phi) is 11.0. The Morgan fingerprint density at radius 2 is 1.00 bits per heavy atom. The standard InChI is InChI=1S/C61H50N2/c1-3-53(42-59-44(2)56-39-34-49(50-23-18-40-62-43-50)41-60(56)61(59,51-24-12-6-13-25-51)52-26-14-7-15-27-52)63(54-35-30-46(31-36-54)45-19-8-4-9-20-45)55-37-32-48(33-38-55)58-29-17-16-28-57(58)47-21-10-5-11-22-47/h4-17,19-22,24-43H,3,18,23H2,1-2H3. The Balaban J connectivity index is 1.17. The molecule has 10 rings (SSSR count). The molecule has 0 saturated heterocycles. The molecule has 2 aliphatic rings. The molecule has 0 bridgehead atoms. The molecule has 63 heavy (non-hydrogen) atoms. The van der Waals surface area contributed by atoms with Crippen LogP contribution in [0.1, 0.15) is 60.9 Å². The lowest BCUT2D eigenvalue weighted by atomic mass is 9.66. The topological polar surface area (TPSA) is 15.6 Å². The molecule has 0 spiro atoms. The third-order valence-electron chi connectivity index (χ3n) is 12.9. The van der Waals surface area contributed by atoms with Gasteiger partial charge in [0.2, 0.25) is 0 Å². The zero-order chi connectivity index (χ0) is 42.6. The van der Waals surface area contributed by atoms with E-state index < -0.39 is 5.41 Å². The monoisotopic (exact) mass is 810 g/mol. The van der Waals surface area contributed by atoms with E-state index in [1.807, 2.05) is 6.21 Å². The van der Waals surface area contributed by atoms with Gasteiger partial charge in [-0.25, -0.2) is 0 Å². The highest BCUT2D eigenvalue weighted by molar-refractivity contribution is 5.90. The van der Waals surface area contributed by atoms with Crippen LogP contribution in [0.25, 0.3) is 44.5 Å². The first-order chi connectivity index (χ1) is 31.1. The highest BCUT2D eigenvalue weighted by Crippen LogP contribution is 2.56. The molecule has 0 amide bonds. The molecule has 1 aliphatic heterocycles. The van der Waals surface area contributed by atoms with Crippen molar-refractivity contribution in [2.45, 2.75) is 38.5 Å². The van der Waals surface area contributed by atoms with Crippen molar-refractivity contribution in [1.29, 1.82) is 0 Å². The lowest BCUT2D eigenvalue weighted by molar-refractivity contribution is 0.757. The summed E-state index contributed by atoms with van der Waals surface area (Å²) in [6.45, 7) is 4.62. The first-order valence-electron chi connectivity index (χ1n) is 22.2. The maximum absolute atomic E-state index is 4.59. The number of allylic oxidation sites excluding steroid dienone is 5. The average molecular weight is 811 g/mol. The fourth-order valence-electron chi connectivity index (χ4n) is 9.85. The third-order valence-corrected chi connectivity index (χ3v) is 12.9. The lowest BCUT2D eigenvalue weighted by Crippen LogP contribution is -2.30. The van der Waals surface area contributed by atoms with E-state index in [2.05, 4.69) is 248 Å². The molecule has 0 aromatic heterocycles. The summed E-state index contributed by atoms with van der Waals surface area (Å²) in [6, 6.07) is 77.7. The molecule has 2 nitrogen and oxygen atoms in total. The lowest BCUT2D eigenvalue weighted by Gasteiger charge is -2.36. The van der Waals surface area contributed by atoms with Crippen LogP contribution in [0.3, 0.4) is 0 Å². The van der Waals surface area contributed by atoms with Crippen LogP contribution in [-0.4, -0.2) is 6.21 Å². The molecule has 1 aliphatic carbocycles. The van der Waals surface area contributed by atoms with Gasteiger partial charge in [0, 0.05) is 29.5 Å². The van der Waals surface area contributed by atoms with Gasteiger partial charge in [-0.3, -0.25) is 4.99 Å². The minimum atomic E-state index is -0.565. The van der Waals surface area contributed by atoms with Crippen molar-refractivity contribution in [1.82, 2.24) is 0 Å². The quantitative estimate of drug-likeness (QED) is 0.127. The summed E-state index contributed by atoms with van der Waals surface area (Å²) >= 11 is 0. The summed E-state index contributed by atoms with van der Waals surface area (Å²) in [5.74, 6) is 0. The SMILES string of the molecule is CCC(=CC1=C(C)c2ccc(C3=CN=CCC3)cc2C1(c1ccccc1)c1ccccc1)N(c1ccc(-c2ccccc2)cc1)c1ccc(-c2ccccc2-c2ccccc2)cc1. The van der Waals surface area contributed by atoms with Crippen molar-refractivity contribution >= 4 is 28.7 Å². The van der Waals surface area contributed by atoms with E-state index in [1.165, 1.54) is 83.6 Å². The Morgan fingerprint density at radius 1 is 0.524 bits per heavy atom. The van der Waals surface area contributed by atoms with Gasteiger partial charge in [0.15, 0.2) is 0 Å². The van der Waals surface area contributed by atoms with Gasteiger partial charge in [0.1, 0.15) is 0 Å². The number of benzene rings is 8. The van der Waals surface area contributed by atoms with Crippen molar-refractivity contribution in [2.75, 3.05) is 4.90 Å². The van der Waals surface area contributed by atoms with E-state index in [4.69, 9.17) is 0 Å². The van der Waals surface area contributed by atoms with Gasteiger partial charge in [-0.05, 0) is 141 Å². The van der Waals surface area contributed by atoms with Gasteiger partial charge in [-0.15, -0.1) is 0 Å². The molecule has 1 heterocycles. The molecule has 8 aromatic rings. The maximum atomic E-state index is 4.59. The van der Waals surface area contributed by atoms with Crippen molar-refractivity contribution in [2.24, 2.45) is 4.99 Å². The van der Waals surface area contributed by atoms with Crippen molar-refractivity contribution in [3.8, 4) is 33.4 Å². The number of rotatable bonds is 11. The maximum Gasteiger partial charge on any atom is 0.0711 e. The molecule has 0 fully saturated rings. The predicted octanol–water partition coefficient (Wildman–Crippen LogP) is 16.1. The van der Waals surface area contributed by atoms with E-state index in [1.54, 1.807) is 0 Å². The van der Waals surface area contributed by atoms with Gasteiger partial charge >= 0.3 is 0 Å². The summed E-state index contributed by atoms with van der Waals surface area (Å²) < 4.78 is 0. The Morgan fingerprint density at radius 3 is 1.54 bits per heavy atom. The molecule has 0 radical (unpaired) electrons. The van der Waals surface area contributed by atoms with E-state index >= 15 is 0 Å². The number of anilines is 2. The van der Waals surface area contributed by atoms with Crippen LogP contribution in [0.4, 0.5) is 11.4 Å². The summed E-state index contributed by atoms with van der Waals surface area (Å²) in [6.07, 6.45) is 9.34. The average Bonchev–Trinajstić information content (AvgIpc) is 3.62. The minimum absolute atomic E-state index is 0.565. The van der Waals surface area contributed by atoms with Gasteiger partial charge in [-0.1, -0.05) is 189 Å². The van der Waals surface area contributed by atoms with Gasteiger partial charge in [0.05, 0.1) is 5.41 Å². The molecule has 0 N–H and O–H groups in total. The van der Waals surface area contributed by atoms with Crippen molar-refractivity contribution < 1.29 is 0 Å². The number of fused-ring (bicyclic) bond motifs is 1. The molecule has 0 unspecified atom stereocenters. The molecule has 0 atom stereocenters. The van der Waals surface area contributed by atoms with E-state index in [9.17, 15) is 0 Å². The molecule has 8 aromatic carbocycles.